The lowest BCUT2D eigenvalue weighted by atomic mass is 10.2. The summed E-state index contributed by atoms with van der Waals surface area (Å²) in [5.74, 6) is 0.963. The van der Waals surface area contributed by atoms with Crippen LogP contribution in [0.2, 0.25) is 0 Å². The maximum absolute atomic E-state index is 12.1. The summed E-state index contributed by atoms with van der Waals surface area (Å²) in [4.78, 5) is 25.0. The minimum atomic E-state index is -0.159. The fourth-order valence-electron chi connectivity index (χ4n) is 2.25. The smallest absolute Gasteiger partial charge is 0.305 e. The van der Waals surface area contributed by atoms with E-state index in [4.69, 9.17) is 14.2 Å². The first-order valence-corrected chi connectivity index (χ1v) is 8.82. The van der Waals surface area contributed by atoms with Gasteiger partial charge in [-0.15, -0.1) is 0 Å². The highest BCUT2D eigenvalue weighted by atomic mass is 16.5. The topological polar surface area (TPSA) is 65.1 Å². The van der Waals surface area contributed by atoms with Gasteiger partial charge in [0.1, 0.15) is 0 Å². The van der Waals surface area contributed by atoms with E-state index in [1.165, 1.54) is 0 Å². The quantitative estimate of drug-likeness (QED) is 0.428. The van der Waals surface area contributed by atoms with Crippen molar-refractivity contribution in [1.29, 1.82) is 0 Å². The molecule has 6 heteroatoms. The van der Waals surface area contributed by atoms with Crippen molar-refractivity contribution in [2.45, 2.75) is 39.5 Å². The second kappa shape index (κ2) is 12.2. The maximum Gasteiger partial charge on any atom is 0.305 e. The van der Waals surface area contributed by atoms with Crippen molar-refractivity contribution in [1.82, 2.24) is 4.90 Å². The molecule has 0 N–H and O–H groups in total. The molecule has 0 aliphatic carbocycles. The highest BCUT2D eigenvalue weighted by Gasteiger charge is 2.11. The van der Waals surface area contributed by atoms with E-state index in [9.17, 15) is 9.59 Å². The second-order valence-electron chi connectivity index (χ2n) is 5.60. The standard InChI is InChI=1S/C19H29NO5/c1-4-23-16-11-8-9-12-17(16)25-15-18(21)20(3)14-10-6-7-13-19(22)24-5-2/h8-9,11-12H,4-7,10,13-15H2,1-3H3. The Kier molecular flexibility index (Phi) is 10.1. The van der Waals surface area contributed by atoms with Gasteiger partial charge in [0.05, 0.1) is 13.2 Å². The highest BCUT2D eigenvalue weighted by molar-refractivity contribution is 5.77. The number of para-hydroxylation sites is 2. The molecule has 25 heavy (non-hydrogen) atoms. The number of ether oxygens (including phenoxy) is 3. The van der Waals surface area contributed by atoms with E-state index in [-0.39, 0.29) is 18.5 Å². The number of benzene rings is 1. The van der Waals surface area contributed by atoms with E-state index >= 15 is 0 Å². The third-order valence-corrected chi connectivity index (χ3v) is 3.61. The Hall–Kier alpha value is -2.24. The van der Waals surface area contributed by atoms with Gasteiger partial charge < -0.3 is 19.1 Å². The van der Waals surface area contributed by atoms with E-state index in [0.717, 1.165) is 19.3 Å². The van der Waals surface area contributed by atoms with Crippen LogP contribution in [0.15, 0.2) is 24.3 Å². The molecule has 140 valence electrons. The lowest BCUT2D eigenvalue weighted by molar-refractivity contribution is -0.143. The van der Waals surface area contributed by atoms with E-state index in [1.54, 1.807) is 24.9 Å². The van der Waals surface area contributed by atoms with Crippen molar-refractivity contribution < 1.29 is 23.8 Å². The van der Waals surface area contributed by atoms with E-state index < -0.39 is 0 Å². The number of hydrogen-bond donors (Lipinski definition) is 0. The Bertz CT molecular complexity index is 532. The van der Waals surface area contributed by atoms with Gasteiger partial charge in [0.25, 0.3) is 5.91 Å². The summed E-state index contributed by atoms with van der Waals surface area (Å²) < 4.78 is 15.9. The zero-order valence-electron chi connectivity index (χ0n) is 15.5. The average molecular weight is 351 g/mol. The fraction of sp³-hybridized carbons (Fsp3) is 0.579. The van der Waals surface area contributed by atoms with Crippen LogP contribution in [0.1, 0.15) is 39.5 Å². The fourth-order valence-corrected chi connectivity index (χ4v) is 2.25. The highest BCUT2D eigenvalue weighted by Crippen LogP contribution is 2.26. The number of hydrogen-bond acceptors (Lipinski definition) is 5. The summed E-state index contributed by atoms with van der Waals surface area (Å²) >= 11 is 0. The van der Waals surface area contributed by atoms with Crippen LogP contribution in [0.4, 0.5) is 0 Å². The van der Waals surface area contributed by atoms with Crippen molar-refractivity contribution in [3.8, 4) is 11.5 Å². The molecule has 0 aromatic heterocycles. The van der Waals surface area contributed by atoms with Gasteiger partial charge in [-0.2, -0.15) is 0 Å². The zero-order chi connectivity index (χ0) is 18.5. The van der Waals surface area contributed by atoms with Gasteiger partial charge in [0, 0.05) is 20.0 Å². The molecule has 1 aromatic rings. The maximum atomic E-state index is 12.1. The molecule has 1 rings (SSSR count). The Balaban J connectivity index is 2.25. The first kappa shape index (κ1) is 20.8. The molecule has 6 nitrogen and oxygen atoms in total. The van der Waals surface area contributed by atoms with Crippen molar-refractivity contribution >= 4 is 11.9 Å². The molecule has 0 heterocycles. The SMILES string of the molecule is CCOC(=O)CCCCCN(C)C(=O)COc1ccccc1OCC. The van der Waals surface area contributed by atoms with Gasteiger partial charge in [0.2, 0.25) is 0 Å². The predicted octanol–water partition coefficient (Wildman–Crippen LogP) is 3.05. The van der Waals surface area contributed by atoms with Gasteiger partial charge in [-0.25, -0.2) is 0 Å². The van der Waals surface area contributed by atoms with Crippen LogP contribution in [0.3, 0.4) is 0 Å². The number of carbonyl (C=O) groups excluding carboxylic acids is 2. The predicted molar refractivity (Wildman–Crippen MR) is 95.8 cm³/mol. The van der Waals surface area contributed by atoms with Crippen LogP contribution >= 0.6 is 0 Å². The van der Waals surface area contributed by atoms with Gasteiger partial charge in [0.15, 0.2) is 18.1 Å². The number of nitrogens with zero attached hydrogens (tertiary/aromatic N) is 1. The lowest BCUT2D eigenvalue weighted by Crippen LogP contribution is -2.32. The largest absolute Gasteiger partial charge is 0.490 e. The Labute approximate surface area is 150 Å². The van der Waals surface area contributed by atoms with E-state index in [0.29, 0.717) is 37.7 Å². The molecule has 0 aliphatic heterocycles. The third kappa shape index (κ3) is 8.42. The molecule has 0 saturated heterocycles. The number of amides is 1. The number of unbranched alkanes of at least 4 members (excludes halogenated alkanes) is 2. The summed E-state index contributed by atoms with van der Waals surface area (Å²) in [6, 6.07) is 7.31. The number of likely N-dealkylation sites (N-methyl/N-ethyl adjacent to an activating group) is 1. The molecular weight excluding hydrogens is 322 g/mol. The average Bonchev–Trinajstić information content (AvgIpc) is 2.60. The molecule has 0 saturated carbocycles. The minimum absolute atomic E-state index is 0.0244. The normalized spacial score (nSPS) is 10.2. The summed E-state index contributed by atoms with van der Waals surface area (Å²) in [6.45, 7) is 5.27. The number of carbonyl (C=O) groups is 2. The zero-order valence-corrected chi connectivity index (χ0v) is 15.5. The monoisotopic (exact) mass is 351 g/mol. The number of esters is 1. The van der Waals surface area contributed by atoms with Gasteiger partial charge in [-0.05, 0) is 38.8 Å². The van der Waals surface area contributed by atoms with Crippen LogP contribution in [-0.4, -0.2) is 50.2 Å². The molecule has 0 unspecified atom stereocenters. The molecule has 0 fully saturated rings. The Morgan fingerprint density at radius 1 is 0.960 bits per heavy atom. The van der Waals surface area contributed by atoms with E-state index in [1.807, 2.05) is 25.1 Å². The molecule has 0 bridgehead atoms. The van der Waals surface area contributed by atoms with Crippen molar-refractivity contribution in [3.05, 3.63) is 24.3 Å². The first-order chi connectivity index (χ1) is 12.1. The second-order valence-corrected chi connectivity index (χ2v) is 5.60. The number of rotatable bonds is 12. The molecule has 0 spiro atoms. The van der Waals surface area contributed by atoms with Crippen LogP contribution in [-0.2, 0) is 14.3 Å². The van der Waals surface area contributed by atoms with Gasteiger partial charge >= 0.3 is 5.97 Å². The van der Waals surface area contributed by atoms with Crippen LogP contribution < -0.4 is 9.47 Å². The molecule has 1 aromatic carbocycles. The summed E-state index contributed by atoms with van der Waals surface area (Å²) in [5.41, 5.74) is 0. The first-order valence-electron chi connectivity index (χ1n) is 8.82. The summed E-state index contributed by atoms with van der Waals surface area (Å²) in [5, 5.41) is 0. The Morgan fingerprint density at radius 3 is 2.28 bits per heavy atom. The van der Waals surface area contributed by atoms with Crippen LogP contribution in [0, 0.1) is 0 Å². The van der Waals surface area contributed by atoms with Crippen LogP contribution in [0.5, 0.6) is 11.5 Å². The molecule has 0 aliphatic rings. The molecule has 1 amide bonds. The van der Waals surface area contributed by atoms with Crippen molar-refractivity contribution in [2.75, 3.05) is 33.4 Å². The molecular formula is C19H29NO5. The van der Waals surface area contributed by atoms with Crippen LogP contribution in [0.25, 0.3) is 0 Å². The Morgan fingerprint density at radius 2 is 1.64 bits per heavy atom. The van der Waals surface area contributed by atoms with Crippen molar-refractivity contribution in [3.63, 3.8) is 0 Å². The van der Waals surface area contributed by atoms with E-state index in [2.05, 4.69) is 0 Å². The molecule has 0 radical (unpaired) electrons. The van der Waals surface area contributed by atoms with Gasteiger partial charge in [-0.3, -0.25) is 9.59 Å². The lowest BCUT2D eigenvalue weighted by Gasteiger charge is -2.18. The van der Waals surface area contributed by atoms with Crippen molar-refractivity contribution in [2.24, 2.45) is 0 Å². The summed E-state index contributed by atoms with van der Waals surface area (Å²) in [6.07, 6.45) is 2.93. The summed E-state index contributed by atoms with van der Waals surface area (Å²) in [7, 11) is 1.76. The van der Waals surface area contributed by atoms with Gasteiger partial charge in [-0.1, -0.05) is 18.6 Å². The minimum Gasteiger partial charge on any atom is -0.490 e. The molecule has 0 atom stereocenters. The third-order valence-electron chi connectivity index (χ3n) is 3.61.